The molecule has 1 aromatic carbocycles. The summed E-state index contributed by atoms with van der Waals surface area (Å²) in [5.41, 5.74) is 2.58. The van der Waals surface area contributed by atoms with Crippen LogP contribution in [0, 0.1) is 0 Å². The van der Waals surface area contributed by atoms with E-state index < -0.39 is 0 Å². The maximum Gasteiger partial charge on any atom is 0.216 e. The van der Waals surface area contributed by atoms with Crippen molar-refractivity contribution in [2.45, 2.75) is 52.5 Å². The Bertz CT molecular complexity index is 796. The molecule has 2 heterocycles. The number of fused-ring (bicyclic) bond motifs is 1. The topological polar surface area (TPSA) is 71.7 Å². The number of rotatable bonds is 6. The molecule has 2 aromatic rings. The zero-order valence-electron chi connectivity index (χ0n) is 17.2. The summed E-state index contributed by atoms with van der Waals surface area (Å²) in [6.07, 6.45) is 3.74. The normalized spacial score (nSPS) is 13.5. The van der Waals surface area contributed by atoms with Crippen LogP contribution in [0.25, 0.3) is 0 Å². The highest BCUT2D eigenvalue weighted by atomic mass is 127. The number of aliphatic imine (C=N–C) groups is 1. The minimum Gasteiger partial charge on any atom is -0.493 e. The van der Waals surface area contributed by atoms with Crippen LogP contribution in [-0.4, -0.2) is 30.6 Å². The molecule has 0 bridgehead atoms. The quantitative estimate of drug-likeness (QED) is 0.360. The van der Waals surface area contributed by atoms with Crippen LogP contribution in [0.5, 0.6) is 5.75 Å². The van der Waals surface area contributed by atoms with E-state index in [0.717, 1.165) is 50.0 Å². The van der Waals surface area contributed by atoms with Gasteiger partial charge in [-0.25, -0.2) is 9.98 Å². The first-order valence-corrected chi connectivity index (χ1v) is 9.67. The van der Waals surface area contributed by atoms with Crippen molar-refractivity contribution >= 4 is 29.9 Å². The van der Waals surface area contributed by atoms with E-state index in [1.54, 1.807) is 6.20 Å². The minimum absolute atomic E-state index is 0. The van der Waals surface area contributed by atoms with E-state index in [1.165, 1.54) is 11.1 Å². The summed E-state index contributed by atoms with van der Waals surface area (Å²) in [5, 5.41) is 6.65. The van der Waals surface area contributed by atoms with Crippen molar-refractivity contribution in [2.75, 3.05) is 19.7 Å². The monoisotopic (exact) mass is 498 g/mol. The molecule has 7 heteroatoms. The molecule has 0 aliphatic carbocycles. The summed E-state index contributed by atoms with van der Waals surface area (Å²) < 4.78 is 11.4. The molecule has 0 spiro atoms. The Hall–Kier alpha value is -1.77. The minimum atomic E-state index is -0.0430. The van der Waals surface area contributed by atoms with Gasteiger partial charge in [-0.1, -0.05) is 32.9 Å². The molecule has 154 valence electrons. The Morgan fingerprint density at radius 1 is 1.25 bits per heavy atom. The summed E-state index contributed by atoms with van der Waals surface area (Å²) in [6, 6.07) is 6.46. The van der Waals surface area contributed by atoms with Crippen LogP contribution in [0.15, 0.2) is 33.8 Å². The number of ether oxygens (including phenoxy) is 1. The zero-order valence-corrected chi connectivity index (χ0v) is 19.5. The summed E-state index contributed by atoms with van der Waals surface area (Å²) >= 11 is 0. The first kappa shape index (κ1) is 22.5. The molecule has 0 amide bonds. The number of oxazole rings is 1. The van der Waals surface area contributed by atoms with Crippen molar-refractivity contribution in [1.82, 2.24) is 15.6 Å². The maximum absolute atomic E-state index is 5.81. The Labute approximate surface area is 184 Å². The van der Waals surface area contributed by atoms with Crippen molar-refractivity contribution < 1.29 is 9.15 Å². The van der Waals surface area contributed by atoms with E-state index in [2.05, 4.69) is 66.5 Å². The highest BCUT2D eigenvalue weighted by Gasteiger charge is 2.19. The molecule has 0 atom stereocenters. The number of nitrogens with one attached hydrogen (secondary N) is 2. The van der Waals surface area contributed by atoms with Gasteiger partial charge >= 0.3 is 0 Å². The molecule has 0 radical (unpaired) electrons. The largest absolute Gasteiger partial charge is 0.493 e. The lowest BCUT2D eigenvalue weighted by atomic mass is 9.94. The fourth-order valence-electron chi connectivity index (χ4n) is 2.94. The van der Waals surface area contributed by atoms with Crippen LogP contribution >= 0.6 is 24.0 Å². The van der Waals surface area contributed by atoms with Crippen LogP contribution in [0.3, 0.4) is 0 Å². The van der Waals surface area contributed by atoms with Gasteiger partial charge in [0.15, 0.2) is 5.96 Å². The lowest BCUT2D eigenvalue weighted by Crippen LogP contribution is -2.38. The van der Waals surface area contributed by atoms with E-state index in [0.29, 0.717) is 12.4 Å². The molecule has 0 unspecified atom stereocenters. The SMILES string of the molecule is CCNC(=NCc1ncc(C(C)(C)C)o1)NCCc1ccc2c(c1)CCO2.I. The molecule has 2 N–H and O–H groups in total. The van der Waals surface area contributed by atoms with Gasteiger partial charge in [0.1, 0.15) is 18.1 Å². The van der Waals surface area contributed by atoms with Crippen molar-refractivity contribution in [3.05, 3.63) is 47.2 Å². The third-order valence-corrected chi connectivity index (χ3v) is 4.47. The van der Waals surface area contributed by atoms with E-state index in [-0.39, 0.29) is 29.4 Å². The zero-order chi connectivity index (χ0) is 19.3. The first-order chi connectivity index (χ1) is 13.0. The van der Waals surface area contributed by atoms with Gasteiger partial charge in [-0.3, -0.25) is 0 Å². The van der Waals surface area contributed by atoms with E-state index in [1.807, 2.05) is 0 Å². The molecule has 28 heavy (non-hydrogen) atoms. The molecule has 0 fully saturated rings. The average molecular weight is 498 g/mol. The Balaban J connectivity index is 0.00000280. The average Bonchev–Trinajstić information content (AvgIpc) is 3.28. The Morgan fingerprint density at radius 2 is 2.07 bits per heavy atom. The molecule has 6 nitrogen and oxygen atoms in total. The number of nitrogens with zero attached hydrogens (tertiary/aromatic N) is 2. The van der Waals surface area contributed by atoms with Crippen LogP contribution in [0.2, 0.25) is 0 Å². The Kier molecular flexibility index (Phi) is 8.15. The smallest absolute Gasteiger partial charge is 0.216 e. The van der Waals surface area contributed by atoms with Crippen LogP contribution in [-0.2, 0) is 24.8 Å². The lowest BCUT2D eigenvalue weighted by molar-refractivity contribution is 0.357. The summed E-state index contributed by atoms with van der Waals surface area (Å²) in [7, 11) is 0. The highest BCUT2D eigenvalue weighted by molar-refractivity contribution is 14.0. The number of aromatic nitrogens is 1. The van der Waals surface area contributed by atoms with Crippen LogP contribution < -0.4 is 15.4 Å². The second kappa shape index (κ2) is 10.1. The predicted octanol–water partition coefficient (Wildman–Crippen LogP) is 3.82. The van der Waals surface area contributed by atoms with E-state index in [4.69, 9.17) is 9.15 Å². The van der Waals surface area contributed by atoms with Crippen molar-refractivity contribution in [2.24, 2.45) is 4.99 Å². The summed E-state index contributed by atoms with van der Waals surface area (Å²) in [5.74, 6) is 3.32. The van der Waals surface area contributed by atoms with Gasteiger partial charge in [-0.2, -0.15) is 0 Å². The van der Waals surface area contributed by atoms with Crippen LogP contribution in [0.1, 0.15) is 50.5 Å². The standard InChI is InChI=1S/C21H30N4O2.HI/c1-5-22-20(25-14-19-24-13-18(27-19)21(2,3)4)23-10-8-15-6-7-17-16(12-15)9-11-26-17;/h6-7,12-13H,5,8-11,14H2,1-4H3,(H2,22,23,25);1H. The molecular formula is C21H31IN4O2. The molecule has 1 aliphatic heterocycles. The van der Waals surface area contributed by atoms with Crippen molar-refractivity contribution in [3.8, 4) is 5.75 Å². The summed E-state index contributed by atoms with van der Waals surface area (Å²) in [6.45, 7) is 11.2. The Morgan fingerprint density at radius 3 is 2.79 bits per heavy atom. The van der Waals surface area contributed by atoms with Crippen molar-refractivity contribution in [1.29, 1.82) is 0 Å². The second-order valence-corrected chi connectivity index (χ2v) is 7.78. The van der Waals surface area contributed by atoms with Gasteiger partial charge in [0.05, 0.1) is 12.8 Å². The summed E-state index contributed by atoms with van der Waals surface area (Å²) in [4.78, 5) is 8.92. The van der Waals surface area contributed by atoms with E-state index in [9.17, 15) is 0 Å². The molecule has 1 aliphatic rings. The molecular weight excluding hydrogens is 467 g/mol. The van der Waals surface area contributed by atoms with Gasteiger partial charge < -0.3 is 19.8 Å². The molecule has 1 aromatic heterocycles. The van der Waals surface area contributed by atoms with Gasteiger partial charge in [0.2, 0.25) is 5.89 Å². The molecule has 3 rings (SSSR count). The van der Waals surface area contributed by atoms with Crippen molar-refractivity contribution in [3.63, 3.8) is 0 Å². The lowest BCUT2D eigenvalue weighted by Gasteiger charge is -2.13. The third-order valence-electron chi connectivity index (χ3n) is 4.47. The fraction of sp³-hybridized carbons (Fsp3) is 0.524. The highest BCUT2D eigenvalue weighted by Crippen LogP contribution is 2.26. The van der Waals surface area contributed by atoms with Gasteiger partial charge in [-0.15, -0.1) is 24.0 Å². The number of guanidine groups is 1. The fourth-order valence-corrected chi connectivity index (χ4v) is 2.94. The number of hydrogen-bond acceptors (Lipinski definition) is 4. The third kappa shape index (κ3) is 6.12. The van der Waals surface area contributed by atoms with E-state index >= 15 is 0 Å². The van der Waals surface area contributed by atoms with Crippen LogP contribution in [0.4, 0.5) is 0 Å². The number of benzene rings is 1. The van der Waals surface area contributed by atoms with Gasteiger partial charge in [0, 0.05) is 24.9 Å². The predicted molar refractivity (Wildman–Crippen MR) is 123 cm³/mol. The van der Waals surface area contributed by atoms with Gasteiger partial charge in [0.25, 0.3) is 0 Å². The first-order valence-electron chi connectivity index (χ1n) is 9.67. The maximum atomic E-state index is 5.81. The second-order valence-electron chi connectivity index (χ2n) is 7.78. The number of hydrogen-bond donors (Lipinski definition) is 2. The molecule has 0 saturated carbocycles. The van der Waals surface area contributed by atoms with Gasteiger partial charge in [-0.05, 0) is 30.5 Å². The number of halogens is 1. The molecule has 0 saturated heterocycles.